The first-order chi connectivity index (χ1) is 16.2. The number of amides is 2. The highest BCUT2D eigenvalue weighted by Crippen LogP contribution is 2.30. The molecule has 1 saturated heterocycles. The molecule has 1 fully saturated rings. The number of methoxy groups -OCH3 is 1. The van der Waals surface area contributed by atoms with Crippen LogP contribution in [0.15, 0.2) is 84.0 Å². The highest BCUT2D eigenvalue weighted by molar-refractivity contribution is 6.03. The Morgan fingerprint density at radius 1 is 1.06 bits per heavy atom. The van der Waals surface area contributed by atoms with E-state index in [9.17, 15) is 9.59 Å². The van der Waals surface area contributed by atoms with Gasteiger partial charge in [-0.3, -0.25) is 9.59 Å². The van der Waals surface area contributed by atoms with Gasteiger partial charge in [0.15, 0.2) is 11.5 Å². The normalized spacial score (nSPS) is 17.5. The van der Waals surface area contributed by atoms with Crippen LogP contribution in [0.3, 0.4) is 0 Å². The maximum atomic E-state index is 12.7. The number of benzene rings is 3. The number of rotatable bonds is 8. The van der Waals surface area contributed by atoms with Gasteiger partial charge in [0, 0.05) is 12.5 Å². The molecule has 2 amide bonds. The average Bonchev–Trinajstić information content (AvgIpc) is 3.25. The molecule has 1 aliphatic heterocycles. The smallest absolute Gasteiger partial charge is 0.253 e. The van der Waals surface area contributed by atoms with Crippen LogP contribution in [-0.4, -0.2) is 31.7 Å². The van der Waals surface area contributed by atoms with Gasteiger partial charge < -0.3 is 14.8 Å². The van der Waals surface area contributed by atoms with E-state index in [0.717, 1.165) is 16.7 Å². The molecule has 2 N–H and O–H groups in total. The van der Waals surface area contributed by atoms with Gasteiger partial charge in [-0.05, 0) is 34.9 Å². The summed E-state index contributed by atoms with van der Waals surface area (Å²) in [5, 5.41) is 6.82. The Hall–Kier alpha value is -4.13. The zero-order valence-electron chi connectivity index (χ0n) is 18.2. The van der Waals surface area contributed by atoms with E-state index in [-0.39, 0.29) is 11.8 Å². The number of carbonyl (C=O) groups is 2. The van der Waals surface area contributed by atoms with Crippen LogP contribution in [0.5, 0.6) is 11.5 Å². The zero-order valence-corrected chi connectivity index (χ0v) is 18.2. The predicted octanol–water partition coefficient (Wildman–Crippen LogP) is 3.25. The van der Waals surface area contributed by atoms with Crippen LogP contribution in [0.4, 0.5) is 0 Å². The van der Waals surface area contributed by atoms with Gasteiger partial charge in [0.1, 0.15) is 12.5 Å². The Balaban J connectivity index is 1.39. The molecule has 0 spiro atoms. The largest absolute Gasteiger partial charge is 0.493 e. The summed E-state index contributed by atoms with van der Waals surface area (Å²) in [6.07, 6.45) is 1.51. The number of hydrazone groups is 1. The maximum absolute atomic E-state index is 12.7. The lowest BCUT2D eigenvalue weighted by Gasteiger charge is -2.15. The lowest BCUT2D eigenvalue weighted by Crippen LogP contribution is -2.34. The first-order valence-corrected chi connectivity index (χ1v) is 10.7. The van der Waals surface area contributed by atoms with Crippen molar-refractivity contribution in [1.29, 1.82) is 0 Å². The third-order valence-corrected chi connectivity index (χ3v) is 5.50. The SMILES string of the molecule is COc1cc(/C=N/NC(=O)[C@H]2C(=O)NC[C@@H]2c2ccccc2)ccc1OCc1ccccc1. The van der Waals surface area contributed by atoms with E-state index >= 15 is 0 Å². The lowest BCUT2D eigenvalue weighted by molar-refractivity contribution is -0.133. The maximum Gasteiger partial charge on any atom is 0.253 e. The summed E-state index contributed by atoms with van der Waals surface area (Å²) in [5.74, 6) is -0.623. The van der Waals surface area contributed by atoms with Crippen LogP contribution in [0.2, 0.25) is 0 Å². The molecule has 33 heavy (non-hydrogen) atoms. The molecule has 7 heteroatoms. The molecule has 3 aromatic rings. The van der Waals surface area contributed by atoms with Gasteiger partial charge in [0.05, 0.1) is 13.3 Å². The quantitative estimate of drug-likeness (QED) is 0.318. The second-order valence-corrected chi connectivity index (χ2v) is 7.66. The summed E-state index contributed by atoms with van der Waals surface area (Å²) in [6, 6.07) is 24.8. The molecule has 0 saturated carbocycles. The van der Waals surface area contributed by atoms with Crippen molar-refractivity contribution in [2.45, 2.75) is 12.5 Å². The van der Waals surface area contributed by atoms with Gasteiger partial charge in [-0.1, -0.05) is 60.7 Å². The molecule has 1 aliphatic rings. The van der Waals surface area contributed by atoms with Gasteiger partial charge >= 0.3 is 0 Å². The fourth-order valence-electron chi connectivity index (χ4n) is 3.79. The van der Waals surface area contributed by atoms with Crippen molar-refractivity contribution in [2.24, 2.45) is 11.0 Å². The van der Waals surface area contributed by atoms with Crippen LogP contribution < -0.4 is 20.2 Å². The van der Waals surface area contributed by atoms with E-state index in [1.807, 2.05) is 66.7 Å². The summed E-state index contributed by atoms with van der Waals surface area (Å²) in [4.78, 5) is 25.0. The molecule has 4 rings (SSSR count). The van der Waals surface area contributed by atoms with Gasteiger partial charge in [0.2, 0.25) is 5.91 Å². The second kappa shape index (κ2) is 10.5. The van der Waals surface area contributed by atoms with E-state index in [0.29, 0.717) is 24.7 Å². The highest BCUT2D eigenvalue weighted by atomic mass is 16.5. The molecule has 0 aliphatic carbocycles. The van der Waals surface area contributed by atoms with Crippen molar-refractivity contribution in [3.05, 3.63) is 95.6 Å². The van der Waals surface area contributed by atoms with E-state index in [4.69, 9.17) is 9.47 Å². The van der Waals surface area contributed by atoms with Gasteiger partial charge in [-0.15, -0.1) is 0 Å². The van der Waals surface area contributed by atoms with Crippen molar-refractivity contribution in [3.8, 4) is 11.5 Å². The molecule has 7 nitrogen and oxygen atoms in total. The Morgan fingerprint density at radius 3 is 2.52 bits per heavy atom. The molecule has 0 radical (unpaired) electrons. The molecule has 1 heterocycles. The number of nitrogens with zero attached hydrogens (tertiary/aromatic N) is 1. The number of hydrogen-bond acceptors (Lipinski definition) is 5. The molecule has 168 valence electrons. The van der Waals surface area contributed by atoms with E-state index in [1.165, 1.54) is 6.21 Å². The van der Waals surface area contributed by atoms with E-state index in [1.54, 1.807) is 19.2 Å². The van der Waals surface area contributed by atoms with Crippen LogP contribution >= 0.6 is 0 Å². The lowest BCUT2D eigenvalue weighted by atomic mass is 9.88. The average molecular weight is 444 g/mol. The predicted molar refractivity (Wildman–Crippen MR) is 125 cm³/mol. The number of ether oxygens (including phenoxy) is 2. The molecular formula is C26H25N3O4. The van der Waals surface area contributed by atoms with Gasteiger partial charge in [0.25, 0.3) is 5.91 Å². The van der Waals surface area contributed by atoms with Gasteiger partial charge in [-0.2, -0.15) is 5.10 Å². The van der Waals surface area contributed by atoms with Crippen molar-refractivity contribution in [1.82, 2.24) is 10.7 Å². The number of hydrogen-bond donors (Lipinski definition) is 2. The fourth-order valence-corrected chi connectivity index (χ4v) is 3.79. The number of carbonyl (C=O) groups excluding carboxylic acids is 2. The molecular weight excluding hydrogens is 418 g/mol. The summed E-state index contributed by atoms with van der Waals surface area (Å²) < 4.78 is 11.3. The minimum atomic E-state index is -0.826. The highest BCUT2D eigenvalue weighted by Gasteiger charge is 2.40. The topological polar surface area (TPSA) is 89.0 Å². The van der Waals surface area contributed by atoms with Crippen molar-refractivity contribution in [3.63, 3.8) is 0 Å². The zero-order chi connectivity index (χ0) is 23.0. The third kappa shape index (κ3) is 5.38. The molecule has 2 atom stereocenters. The Labute approximate surface area is 192 Å². The second-order valence-electron chi connectivity index (χ2n) is 7.66. The first kappa shape index (κ1) is 22.1. The molecule has 0 aromatic heterocycles. The third-order valence-electron chi connectivity index (χ3n) is 5.50. The minimum Gasteiger partial charge on any atom is -0.493 e. The number of nitrogens with one attached hydrogen (secondary N) is 2. The Bertz CT molecular complexity index is 1130. The molecule has 0 bridgehead atoms. The van der Waals surface area contributed by atoms with Crippen molar-refractivity contribution >= 4 is 18.0 Å². The van der Waals surface area contributed by atoms with E-state index in [2.05, 4.69) is 15.8 Å². The summed E-state index contributed by atoms with van der Waals surface area (Å²) >= 11 is 0. The summed E-state index contributed by atoms with van der Waals surface area (Å²) in [6.45, 7) is 0.846. The van der Waals surface area contributed by atoms with Crippen LogP contribution in [0.25, 0.3) is 0 Å². The van der Waals surface area contributed by atoms with E-state index < -0.39 is 11.8 Å². The van der Waals surface area contributed by atoms with Gasteiger partial charge in [-0.25, -0.2) is 5.43 Å². The van der Waals surface area contributed by atoms with Crippen molar-refractivity contribution in [2.75, 3.05) is 13.7 Å². The van der Waals surface area contributed by atoms with Crippen LogP contribution in [-0.2, 0) is 16.2 Å². The first-order valence-electron chi connectivity index (χ1n) is 10.7. The summed E-state index contributed by atoms with van der Waals surface area (Å²) in [5.41, 5.74) is 5.21. The summed E-state index contributed by atoms with van der Waals surface area (Å²) in [7, 11) is 1.57. The molecule has 0 unspecified atom stereocenters. The van der Waals surface area contributed by atoms with Crippen molar-refractivity contribution < 1.29 is 19.1 Å². The monoisotopic (exact) mass is 443 g/mol. The fraction of sp³-hybridized carbons (Fsp3) is 0.192. The molecule has 3 aromatic carbocycles. The Morgan fingerprint density at radius 2 is 1.79 bits per heavy atom. The Kier molecular flexibility index (Phi) is 6.99. The van der Waals surface area contributed by atoms with Crippen LogP contribution in [0, 0.1) is 5.92 Å². The van der Waals surface area contributed by atoms with Crippen LogP contribution in [0.1, 0.15) is 22.6 Å². The standard InChI is InChI=1S/C26H25N3O4/c1-32-23-14-19(12-13-22(23)33-17-18-8-4-2-5-9-18)15-28-29-26(31)24-21(16-27-25(24)30)20-10-6-3-7-11-20/h2-15,21,24H,16-17H2,1H3,(H,27,30)(H,29,31)/b28-15+/t21-,24-/m1/s1. The minimum absolute atomic E-state index is 0.227.